The smallest absolute Gasteiger partial charge is 0.315 e. The van der Waals surface area contributed by atoms with Gasteiger partial charge in [-0.15, -0.1) is 0 Å². The van der Waals surface area contributed by atoms with E-state index in [0.29, 0.717) is 6.42 Å². The van der Waals surface area contributed by atoms with Crippen molar-refractivity contribution < 1.29 is 7.86 Å². The van der Waals surface area contributed by atoms with Crippen molar-refractivity contribution in [2.45, 2.75) is 53.5 Å². The maximum Gasteiger partial charge on any atom is 0.315 e. The summed E-state index contributed by atoms with van der Waals surface area (Å²) in [7, 11) is 0. The van der Waals surface area contributed by atoms with Gasteiger partial charge >= 0.3 is 5.97 Å². The molecule has 0 fully saturated rings. The SMILES string of the molecule is C=C(NC(C)(C)C)C(CC(=O)OI)C(C)(C)C. The molecule has 100 valence electrons. The fourth-order valence-corrected chi connectivity index (χ4v) is 1.90. The molecule has 1 unspecified atom stereocenters. The molecule has 1 N–H and O–H groups in total. The van der Waals surface area contributed by atoms with Gasteiger partial charge in [0, 0.05) is 17.2 Å². The second kappa shape index (κ2) is 6.07. The van der Waals surface area contributed by atoms with Gasteiger partial charge in [-0.1, -0.05) is 27.4 Å². The summed E-state index contributed by atoms with van der Waals surface area (Å²) < 4.78 is 4.72. The Kier molecular flexibility index (Phi) is 5.98. The van der Waals surface area contributed by atoms with E-state index in [4.69, 9.17) is 3.07 Å². The summed E-state index contributed by atoms with van der Waals surface area (Å²) in [6.07, 6.45) is 0.356. The van der Waals surface area contributed by atoms with E-state index < -0.39 is 0 Å². The minimum absolute atomic E-state index is 0.0276. The van der Waals surface area contributed by atoms with Crippen molar-refractivity contribution in [2.75, 3.05) is 0 Å². The molecule has 0 aromatic rings. The molecule has 0 amide bonds. The number of hydrogen-bond acceptors (Lipinski definition) is 3. The van der Waals surface area contributed by atoms with Crippen LogP contribution in [-0.2, 0) is 7.86 Å². The summed E-state index contributed by atoms with van der Waals surface area (Å²) in [5.74, 6) is -0.147. The van der Waals surface area contributed by atoms with Gasteiger partial charge in [-0.3, -0.25) is 4.79 Å². The minimum atomic E-state index is -0.206. The Morgan fingerprint density at radius 3 is 2.06 bits per heavy atom. The quantitative estimate of drug-likeness (QED) is 0.781. The molecule has 0 aliphatic heterocycles. The minimum Gasteiger partial charge on any atom is -0.394 e. The van der Waals surface area contributed by atoms with Crippen molar-refractivity contribution in [3.63, 3.8) is 0 Å². The molecular formula is C13H24INO2. The third-order valence-corrected chi connectivity index (χ3v) is 2.95. The van der Waals surface area contributed by atoms with Gasteiger partial charge < -0.3 is 8.38 Å². The Balaban J connectivity index is 4.82. The number of carbonyl (C=O) groups excluding carboxylic acids is 1. The number of allylic oxidation sites excluding steroid dienone is 1. The maximum atomic E-state index is 11.4. The molecule has 0 saturated carbocycles. The van der Waals surface area contributed by atoms with Crippen LogP contribution in [-0.4, -0.2) is 11.5 Å². The van der Waals surface area contributed by atoms with E-state index in [1.165, 1.54) is 0 Å². The van der Waals surface area contributed by atoms with Crippen LogP contribution < -0.4 is 5.32 Å². The van der Waals surface area contributed by atoms with E-state index in [9.17, 15) is 4.79 Å². The predicted octanol–water partition coefficient (Wildman–Crippen LogP) is 3.83. The lowest BCUT2D eigenvalue weighted by atomic mass is 9.76. The normalized spacial score (nSPS) is 14.1. The van der Waals surface area contributed by atoms with Crippen LogP contribution in [0.3, 0.4) is 0 Å². The van der Waals surface area contributed by atoms with Gasteiger partial charge in [-0.05, 0) is 26.2 Å². The molecule has 0 spiro atoms. The van der Waals surface area contributed by atoms with Crippen molar-refractivity contribution >= 4 is 29.0 Å². The molecule has 17 heavy (non-hydrogen) atoms. The molecule has 0 saturated heterocycles. The Hall–Kier alpha value is -0.260. The third kappa shape index (κ3) is 6.91. The zero-order chi connectivity index (χ0) is 13.9. The van der Waals surface area contributed by atoms with Crippen LogP contribution in [0, 0.1) is 11.3 Å². The monoisotopic (exact) mass is 353 g/mol. The topological polar surface area (TPSA) is 38.3 Å². The predicted molar refractivity (Wildman–Crippen MR) is 79.7 cm³/mol. The van der Waals surface area contributed by atoms with Gasteiger partial charge in [0.05, 0.1) is 6.42 Å². The zero-order valence-corrected chi connectivity index (χ0v) is 13.8. The standard InChI is InChI=1S/C13H24INO2/c1-9(15-13(5,6)7)10(12(2,3)4)8-11(16)17-14/h10,15H,1,8H2,2-7H3. The first-order valence-electron chi connectivity index (χ1n) is 5.76. The number of rotatable bonds is 4. The average Bonchev–Trinajstić information content (AvgIpc) is 2.08. The lowest BCUT2D eigenvalue weighted by Crippen LogP contribution is -2.40. The van der Waals surface area contributed by atoms with Crippen LogP contribution in [0.2, 0.25) is 0 Å². The van der Waals surface area contributed by atoms with Gasteiger partial charge in [0.1, 0.15) is 0 Å². The van der Waals surface area contributed by atoms with Crippen LogP contribution >= 0.6 is 23.0 Å². The van der Waals surface area contributed by atoms with Crippen LogP contribution in [0.4, 0.5) is 0 Å². The highest BCUT2D eigenvalue weighted by atomic mass is 127. The maximum absolute atomic E-state index is 11.4. The Morgan fingerprint density at radius 1 is 1.29 bits per heavy atom. The van der Waals surface area contributed by atoms with Crippen LogP contribution in [0.1, 0.15) is 48.0 Å². The van der Waals surface area contributed by atoms with Gasteiger partial charge in [-0.25, -0.2) is 0 Å². The van der Waals surface area contributed by atoms with E-state index in [-0.39, 0.29) is 22.8 Å². The number of halogens is 1. The van der Waals surface area contributed by atoms with Crippen LogP contribution in [0.15, 0.2) is 12.3 Å². The lowest BCUT2D eigenvalue weighted by molar-refractivity contribution is -0.132. The molecule has 4 heteroatoms. The summed E-state index contributed by atoms with van der Waals surface area (Å²) >= 11 is 1.63. The van der Waals surface area contributed by atoms with E-state index in [0.717, 1.165) is 5.70 Å². The first kappa shape index (κ1) is 16.7. The van der Waals surface area contributed by atoms with Crippen molar-refractivity contribution in [3.8, 4) is 0 Å². The summed E-state index contributed by atoms with van der Waals surface area (Å²) in [5.41, 5.74) is 0.821. The lowest BCUT2D eigenvalue weighted by Gasteiger charge is -2.35. The molecule has 0 heterocycles. The highest BCUT2D eigenvalue weighted by Gasteiger charge is 2.31. The second-order valence-corrected chi connectivity index (χ2v) is 6.91. The first-order valence-corrected chi connectivity index (χ1v) is 6.64. The fourth-order valence-electron chi connectivity index (χ4n) is 1.72. The molecule has 0 radical (unpaired) electrons. The Labute approximate surface area is 119 Å². The van der Waals surface area contributed by atoms with Gasteiger partial charge in [-0.2, -0.15) is 0 Å². The molecule has 3 nitrogen and oxygen atoms in total. The van der Waals surface area contributed by atoms with E-state index in [1.807, 2.05) is 0 Å². The second-order valence-electron chi connectivity index (χ2n) is 6.47. The number of nitrogens with one attached hydrogen (secondary N) is 1. The van der Waals surface area contributed by atoms with Crippen LogP contribution in [0.25, 0.3) is 0 Å². The van der Waals surface area contributed by atoms with E-state index in [2.05, 4.69) is 53.4 Å². The highest BCUT2D eigenvalue weighted by Crippen LogP contribution is 2.34. The molecule has 0 bridgehead atoms. The summed E-state index contributed by atoms with van der Waals surface area (Å²) in [4.78, 5) is 11.4. The van der Waals surface area contributed by atoms with Crippen molar-refractivity contribution in [1.82, 2.24) is 5.32 Å². The van der Waals surface area contributed by atoms with Crippen LogP contribution in [0.5, 0.6) is 0 Å². The number of hydrogen-bond donors (Lipinski definition) is 1. The molecule has 0 aromatic carbocycles. The van der Waals surface area contributed by atoms with E-state index >= 15 is 0 Å². The zero-order valence-electron chi connectivity index (χ0n) is 11.7. The molecule has 0 aliphatic rings. The first-order chi connectivity index (χ1) is 7.47. The fraction of sp³-hybridized carbons (Fsp3) is 0.769. The Morgan fingerprint density at radius 2 is 1.76 bits per heavy atom. The molecule has 1 atom stereocenters. The largest absolute Gasteiger partial charge is 0.394 e. The third-order valence-electron chi connectivity index (χ3n) is 2.46. The van der Waals surface area contributed by atoms with Gasteiger partial charge in [0.15, 0.2) is 23.0 Å². The van der Waals surface area contributed by atoms with E-state index in [1.54, 1.807) is 23.0 Å². The Bertz CT molecular complexity index is 287. The summed E-state index contributed by atoms with van der Waals surface area (Å²) in [6.45, 7) is 16.6. The van der Waals surface area contributed by atoms with Gasteiger partial charge in [0.2, 0.25) is 0 Å². The van der Waals surface area contributed by atoms with Crippen molar-refractivity contribution in [3.05, 3.63) is 12.3 Å². The average molecular weight is 353 g/mol. The van der Waals surface area contributed by atoms with Crippen molar-refractivity contribution in [2.24, 2.45) is 11.3 Å². The molecule has 0 aromatic heterocycles. The highest BCUT2D eigenvalue weighted by molar-refractivity contribution is 14.1. The van der Waals surface area contributed by atoms with Gasteiger partial charge in [0.25, 0.3) is 0 Å². The molecule has 0 aliphatic carbocycles. The summed E-state index contributed by atoms with van der Waals surface area (Å²) in [5, 5.41) is 3.35. The summed E-state index contributed by atoms with van der Waals surface area (Å²) in [6, 6.07) is 0. The number of carbonyl (C=O) groups is 1. The molecular weight excluding hydrogens is 329 g/mol. The van der Waals surface area contributed by atoms with Crippen molar-refractivity contribution in [1.29, 1.82) is 0 Å². The molecule has 0 rings (SSSR count).